The fourth-order valence-corrected chi connectivity index (χ4v) is 4.20. The van der Waals surface area contributed by atoms with E-state index < -0.39 is 0 Å². The third-order valence-electron chi connectivity index (χ3n) is 4.25. The van der Waals surface area contributed by atoms with Gasteiger partial charge in [-0.1, -0.05) is 0 Å². The molecule has 0 spiro atoms. The highest BCUT2D eigenvalue weighted by Gasteiger charge is 2.15. The second kappa shape index (κ2) is 8.04. The minimum Gasteiger partial charge on any atom is -0.379 e. The molecule has 0 bridgehead atoms. The number of carbonyl (C=O) groups excluding carboxylic acids is 1. The SMILES string of the molecule is O=C(CN1CCOCC1)NCCCc1nc2c(s1)CCCC2. The van der Waals surface area contributed by atoms with Crippen LogP contribution in [-0.2, 0) is 28.8 Å². The molecular weight excluding hydrogens is 298 g/mol. The van der Waals surface area contributed by atoms with Gasteiger partial charge in [0.2, 0.25) is 5.91 Å². The number of thiazole rings is 1. The van der Waals surface area contributed by atoms with Gasteiger partial charge in [-0.15, -0.1) is 11.3 Å². The van der Waals surface area contributed by atoms with Crippen molar-refractivity contribution in [3.63, 3.8) is 0 Å². The first-order valence-corrected chi connectivity index (χ1v) is 9.17. The smallest absolute Gasteiger partial charge is 0.234 e. The number of rotatable bonds is 6. The molecule has 1 aromatic heterocycles. The maximum Gasteiger partial charge on any atom is 0.234 e. The van der Waals surface area contributed by atoms with Gasteiger partial charge in [-0.05, 0) is 32.1 Å². The average molecular weight is 323 g/mol. The Kier molecular flexibility index (Phi) is 5.81. The van der Waals surface area contributed by atoms with Crippen LogP contribution in [0.3, 0.4) is 0 Å². The van der Waals surface area contributed by atoms with Crippen molar-refractivity contribution in [2.24, 2.45) is 0 Å². The van der Waals surface area contributed by atoms with Crippen LogP contribution in [-0.4, -0.2) is 55.2 Å². The molecule has 0 unspecified atom stereocenters. The Labute approximate surface area is 136 Å². The summed E-state index contributed by atoms with van der Waals surface area (Å²) >= 11 is 1.88. The molecule has 1 saturated heterocycles. The second-order valence-corrected chi connectivity index (χ2v) is 7.19. The highest BCUT2D eigenvalue weighted by molar-refractivity contribution is 7.11. The summed E-state index contributed by atoms with van der Waals surface area (Å²) in [5.74, 6) is 0.125. The normalized spacial score (nSPS) is 18.9. The molecule has 1 amide bonds. The van der Waals surface area contributed by atoms with Gasteiger partial charge in [-0.3, -0.25) is 9.69 Å². The third kappa shape index (κ3) is 4.51. The lowest BCUT2D eigenvalue weighted by atomic mass is 10.0. The van der Waals surface area contributed by atoms with Crippen LogP contribution in [0.25, 0.3) is 0 Å². The standard InChI is InChI=1S/C16H25N3O2S/c20-15(12-19-8-10-21-11-9-19)17-7-3-6-16-18-13-4-1-2-5-14(13)22-16/h1-12H2,(H,17,20). The summed E-state index contributed by atoms with van der Waals surface area (Å²) in [5, 5.41) is 4.26. The van der Waals surface area contributed by atoms with E-state index in [4.69, 9.17) is 9.72 Å². The van der Waals surface area contributed by atoms with Crippen molar-refractivity contribution in [3.05, 3.63) is 15.6 Å². The number of aryl methyl sites for hydroxylation is 3. The molecule has 22 heavy (non-hydrogen) atoms. The van der Waals surface area contributed by atoms with Gasteiger partial charge in [-0.25, -0.2) is 4.98 Å². The first-order valence-electron chi connectivity index (χ1n) is 8.35. The molecule has 122 valence electrons. The lowest BCUT2D eigenvalue weighted by Crippen LogP contribution is -2.43. The van der Waals surface area contributed by atoms with Gasteiger partial charge in [0.1, 0.15) is 0 Å². The van der Waals surface area contributed by atoms with Crippen molar-refractivity contribution in [1.82, 2.24) is 15.2 Å². The average Bonchev–Trinajstić information content (AvgIpc) is 2.95. The molecule has 0 saturated carbocycles. The Hall–Kier alpha value is -0.980. The van der Waals surface area contributed by atoms with Crippen molar-refractivity contribution in [3.8, 4) is 0 Å². The molecule has 3 rings (SSSR count). The third-order valence-corrected chi connectivity index (χ3v) is 5.47. The molecule has 1 fully saturated rings. The van der Waals surface area contributed by atoms with Gasteiger partial charge in [0, 0.05) is 30.9 Å². The van der Waals surface area contributed by atoms with Crippen molar-refractivity contribution >= 4 is 17.2 Å². The molecule has 1 aromatic rings. The Balaban J connectivity index is 1.33. The van der Waals surface area contributed by atoms with Crippen LogP contribution in [0.15, 0.2) is 0 Å². The number of ether oxygens (including phenoxy) is 1. The quantitative estimate of drug-likeness (QED) is 0.804. The number of morpholine rings is 1. The van der Waals surface area contributed by atoms with Gasteiger partial charge < -0.3 is 10.1 Å². The van der Waals surface area contributed by atoms with Gasteiger partial charge in [0.05, 0.1) is 30.5 Å². The topological polar surface area (TPSA) is 54.5 Å². The summed E-state index contributed by atoms with van der Waals surface area (Å²) in [6.07, 6.45) is 6.92. The first-order chi connectivity index (χ1) is 10.8. The second-order valence-electron chi connectivity index (χ2n) is 6.03. The first kappa shape index (κ1) is 15.9. The zero-order valence-electron chi connectivity index (χ0n) is 13.1. The summed E-state index contributed by atoms with van der Waals surface area (Å²) in [4.78, 5) is 20.3. The maximum absolute atomic E-state index is 11.9. The summed E-state index contributed by atoms with van der Waals surface area (Å²) in [6.45, 7) is 4.43. The molecule has 6 heteroatoms. The maximum atomic E-state index is 11.9. The number of aromatic nitrogens is 1. The minimum atomic E-state index is 0.125. The highest BCUT2D eigenvalue weighted by Crippen LogP contribution is 2.27. The van der Waals surface area contributed by atoms with Gasteiger partial charge in [0.15, 0.2) is 0 Å². The van der Waals surface area contributed by atoms with Gasteiger partial charge in [0.25, 0.3) is 0 Å². The number of nitrogens with one attached hydrogen (secondary N) is 1. The van der Waals surface area contributed by atoms with Crippen molar-refractivity contribution in [2.75, 3.05) is 39.4 Å². The van der Waals surface area contributed by atoms with Crippen LogP contribution in [0.4, 0.5) is 0 Å². The molecular formula is C16H25N3O2S. The number of carbonyl (C=O) groups is 1. The Bertz CT molecular complexity index is 474. The van der Waals surface area contributed by atoms with E-state index in [1.165, 1.54) is 34.8 Å². The number of fused-ring (bicyclic) bond motifs is 1. The summed E-state index contributed by atoms with van der Waals surface area (Å²) in [7, 11) is 0. The number of amides is 1. The van der Waals surface area contributed by atoms with Crippen molar-refractivity contribution in [1.29, 1.82) is 0 Å². The van der Waals surface area contributed by atoms with E-state index >= 15 is 0 Å². The van der Waals surface area contributed by atoms with Gasteiger partial charge in [-0.2, -0.15) is 0 Å². The van der Waals surface area contributed by atoms with E-state index in [1.807, 2.05) is 11.3 Å². The van der Waals surface area contributed by atoms with Crippen molar-refractivity contribution < 1.29 is 9.53 Å². The molecule has 0 radical (unpaired) electrons. The van der Waals surface area contributed by atoms with E-state index in [1.54, 1.807) is 0 Å². The van der Waals surface area contributed by atoms with Crippen molar-refractivity contribution in [2.45, 2.75) is 38.5 Å². The van der Waals surface area contributed by atoms with E-state index in [-0.39, 0.29) is 5.91 Å². The van der Waals surface area contributed by atoms with Crippen LogP contribution in [0, 0.1) is 0 Å². The predicted octanol–water partition coefficient (Wildman–Crippen LogP) is 1.40. The zero-order chi connectivity index (χ0) is 15.2. The Morgan fingerprint density at radius 1 is 1.27 bits per heavy atom. The van der Waals surface area contributed by atoms with E-state index in [2.05, 4.69) is 10.2 Å². The molecule has 1 aliphatic heterocycles. The fourth-order valence-electron chi connectivity index (χ4n) is 3.00. The fraction of sp³-hybridized carbons (Fsp3) is 0.750. The van der Waals surface area contributed by atoms with E-state index in [0.717, 1.165) is 52.1 Å². The van der Waals surface area contributed by atoms with Crippen LogP contribution in [0.1, 0.15) is 34.8 Å². The Morgan fingerprint density at radius 2 is 2.09 bits per heavy atom. The molecule has 5 nitrogen and oxygen atoms in total. The van der Waals surface area contributed by atoms with E-state index in [0.29, 0.717) is 6.54 Å². The Morgan fingerprint density at radius 3 is 2.91 bits per heavy atom. The molecule has 1 N–H and O–H groups in total. The zero-order valence-corrected chi connectivity index (χ0v) is 13.9. The lowest BCUT2D eigenvalue weighted by Gasteiger charge is -2.25. The van der Waals surface area contributed by atoms with Gasteiger partial charge >= 0.3 is 0 Å². The summed E-state index contributed by atoms with van der Waals surface area (Å²) in [6, 6.07) is 0. The summed E-state index contributed by atoms with van der Waals surface area (Å²) in [5.41, 5.74) is 1.34. The number of hydrogen-bond donors (Lipinski definition) is 1. The molecule has 0 atom stereocenters. The molecule has 2 heterocycles. The van der Waals surface area contributed by atoms with Crippen LogP contribution < -0.4 is 5.32 Å². The largest absolute Gasteiger partial charge is 0.379 e. The monoisotopic (exact) mass is 323 g/mol. The number of nitrogens with zero attached hydrogens (tertiary/aromatic N) is 2. The highest BCUT2D eigenvalue weighted by atomic mass is 32.1. The van der Waals surface area contributed by atoms with Crippen LogP contribution in [0.5, 0.6) is 0 Å². The summed E-state index contributed by atoms with van der Waals surface area (Å²) < 4.78 is 5.28. The minimum absolute atomic E-state index is 0.125. The number of hydrogen-bond acceptors (Lipinski definition) is 5. The van der Waals surface area contributed by atoms with Crippen LogP contribution >= 0.6 is 11.3 Å². The molecule has 1 aliphatic carbocycles. The van der Waals surface area contributed by atoms with E-state index in [9.17, 15) is 4.79 Å². The predicted molar refractivity (Wildman–Crippen MR) is 87.3 cm³/mol. The molecule has 2 aliphatic rings. The lowest BCUT2D eigenvalue weighted by molar-refractivity contribution is -0.123. The van der Waals surface area contributed by atoms with Crippen LogP contribution in [0.2, 0.25) is 0 Å². The molecule has 0 aromatic carbocycles.